The van der Waals surface area contributed by atoms with Gasteiger partial charge in [-0.1, -0.05) is 0 Å². The molecule has 0 saturated carbocycles. The van der Waals surface area contributed by atoms with Gasteiger partial charge in [0.15, 0.2) is 9.84 Å². The summed E-state index contributed by atoms with van der Waals surface area (Å²) in [6.07, 6.45) is 0. The number of benzene rings is 1. The van der Waals surface area contributed by atoms with Crippen LogP contribution in [0.4, 0.5) is 0 Å². The van der Waals surface area contributed by atoms with E-state index in [-0.39, 0.29) is 17.3 Å². The highest BCUT2D eigenvalue weighted by Crippen LogP contribution is 2.12. The van der Waals surface area contributed by atoms with Gasteiger partial charge >= 0.3 is 0 Å². The number of carbonyl (C=O) groups is 1. The van der Waals surface area contributed by atoms with Gasteiger partial charge in [-0.2, -0.15) is 0 Å². The highest BCUT2D eigenvalue weighted by molar-refractivity contribution is 7.91. The van der Waals surface area contributed by atoms with Gasteiger partial charge in [-0.25, -0.2) is 13.9 Å². The summed E-state index contributed by atoms with van der Waals surface area (Å²) in [5, 5.41) is 0. The Balaban J connectivity index is 2.79. The van der Waals surface area contributed by atoms with Crippen LogP contribution >= 0.6 is 0 Å². The molecule has 0 aliphatic heterocycles. The van der Waals surface area contributed by atoms with Gasteiger partial charge in [0.25, 0.3) is 5.91 Å². The Morgan fingerprint density at radius 1 is 1.26 bits per heavy atom. The number of rotatable bonds is 7. The van der Waals surface area contributed by atoms with Crippen LogP contribution < -0.4 is 5.48 Å². The topological polar surface area (TPSA) is 81.7 Å². The summed E-state index contributed by atoms with van der Waals surface area (Å²) < 4.78 is 28.4. The molecule has 1 amide bonds. The number of hydroxylamine groups is 1. The molecule has 0 bridgehead atoms. The van der Waals surface area contributed by atoms with Crippen molar-refractivity contribution in [3.63, 3.8) is 0 Å². The smallest absolute Gasteiger partial charge is 0.274 e. The average Bonchev–Trinajstić information content (AvgIpc) is 2.42. The van der Waals surface area contributed by atoms with Crippen LogP contribution in [0.1, 0.15) is 17.3 Å². The quantitative estimate of drug-likeness (QED) is 0.750. The molecule has 0 heterocycles. The van der Waals surface area contributed by atoms with Crippen LogP contribution in [0, 0.1) is 0 Å². The van der Waals surface area contributed by atoms with Crippen molar-refractivity contribution >= 4 is 15.7 Å². The van der Waals surface area contributed by atoms with Gasteiger partial charge in [0.05, 0.1) is 23.9 Å². The molecule has 0 fully saturated rings. The number of hydrogen-bond acceptors (Lipinski definition) is 5. The Morgan fingerprint density at radius 2 is 1.89 bits per heavy atom. The molecule has 0 atom stereocenters. The van der Waals surface area contributed by atoms with E-state index in [1.54, 1.807) is 6.92 Å². The first-order valence-electron chi connectivity index (χ1n) is 5.75. The number of carbonyl (C=O) groups excluding carboxylic acids is 1. The van der Waals surface area contributed by atoms with Crippen molar-refractivity contribution in [3.8, 4) is 0 Å². The van der Waals surface area contributed by atoms with Crippen LogP contribution in [-0.4, -0.2) is 40.4 Å². The lowest BCUT2D eigenvalue weighted by molar-refractivity contribution is 0.0364. The summed E-state index contributed by atoms with van der Waals surface area (Å²) in [6, 6.07) is 5.67. The van der Waals surface area contributed by atoms with E-state index in [1.165, 1.54) is 31.4 Å². The second-order valence-corrected chi connectivity index (χ2v) is 5.81. The van der Waals surface area contributed by atoms with Gasteiger partial charge in [-0.15, -0.1) is 0 Å². The molecule has 0 aliphatic rings. The summed E-state index contributed by atoms with van der Waals surface area (Å²) in [6.45, 7) is 2.23. The SMILES string of the molecule is CCONC(=O)c1ccc(S(=O)(=O)CCOC)cc1. The van der Waals surface area contributed by atoms with Crippen molar-refractivity contribution in [3.05, 3.63) is 29.8 Å². The van der Waals surface area contributed by atoms with Crippen molar-refractivity contribution in [1.82, 2.24) is 5.48 Å². The fraction of sp³-hybridized carbons (Fsp3) is 0.417. The van der Waals surface area contributed by atoms with Crippen molar-refractivity contribution in [2.24, 2.45) is 0 Å². The van der Waals surface area contributed by atoms with Crippen molar-refractivity contribution in [2.75, 3.05) is 26.1 Å². The highest BCUT2D eigenvalue weighted by atomic mass is 32.2. The third-order valence-electron chi connectivity index (χ3n) is 2.34. The Labute approximate surface area is 112 Å². The zero-order valence-electron chi connectivity index (χ0n) is 10.9. The fourth-order valence-electron chi connectivity index (χ4n) is 1.32. The van der Waals surface area contributed by atoms with E-state index < -0.39 is 15.7 Å². The second-order valence-electron chi connectivity index (χ2n) is 3.70. The average molecular weight is 287 g/mol. The number of ether oxygens (including phenoxy) is 1. The number of hydrogen-bond donors (Lipinski definition) is 1. The zero-order valence-corrected chi connectivity index (χ0v) is 11.7. The molecule has 0 aliphatic carbocycles. The van der Waals surface area contributed by atoms with Crippen molar-refractivity contribution in [1.29, 1.82) is 0 Å². The van der Waals surface area contributed by atoms with Crippen LogP contribution in [0.15, 0.2) is 29.2 Å². The predicted molar refractivity (Wildman–Crippen MR) is 69.5 cm³/mol. The molecule has 0 spiro atoms. The van der Waals surface area contributed by atoms with Gasteiger partial charge in [-0.3, -0.25) is 9.63 Å². The van der Waals surface area contributed by atoms with E-state index in [2.05, 4.69) is 5.48 Å². The van der Waals surface area contributed by atoms with Crippen LogP contribution in [-0.2, 0) is 19.4 Å². The molecule has 106 valence electrons. The molecule has 6 nitrogen and oxygen atoms in total. The summed E-state index contributed by atoms with van der Waals surface area (Å²) in [4.78, 5) is 16.5. The minimum atomic E-state index is -3.37. The molecule has 0 saturated heterocycles. The van der Waals surface area contributed by atoms with Gasteiger partial charge in [0.2, 0.25) is 0 Å². The standard InChI is InChI=1S/C12H17NO5S/c1-3-18-13-12(14)10-4-6-11(7-5-10)19(15,16)9-8-17-2/h4-7H,3,8-9H2,1-2H3,(H,13,14). The molecule has 0 radical (unpaired) electrons. The number of methoxy groups -OCH3 is 1. The van der Waals surface area contributed by atoms with E-state index in [1.807, 2.05) is 0 Å². The van der Waals surface area contributed by atoms with Crippen LogP contribution in [0.2, 0.25) is 0 Å². The van der Waals surface area contributed by atoms with E-state index in [4.69, 9.17) is 9.57 Å². The third-order valence-corrected chi connectivity index (χ3v) is 4.04. The van der Waals surface area contributed by atoms with Crippen LogP contribution in [0.5, 0.6) is 0 Å². The monoisotopic (exact) mass is 287 g/mol. The summed E-state index contributed by atoms with van der Waals surface area (Å²) in [7, 11) is -1.93. The molecular weight excluding hydrogens is 270 g/mol. The maximum atomic E-state index is 11.8. The van der Waals surface area contributed by atoms with E-state index in [0.717, 1.165) is 0 Å². The largest absolute Gasteiger partial charge is 0.384 e. The molecule has 0 aromatic heterocycles. The first-order chi connectivity index (χ1) is 9.01. The van der Waals surface area contributed by atoms with Crippen molar-refractivity contribution in [2.45, 2.75) is 11.8 Å². The van der Waals surface area contributed by atoms with E-state index >= 15 is 0 Å². The Hall–Kier alpha value is -1.44. The first kappa shape index (κ1) is 15.6. The van der Waals surface area contributed by atoms with Crippen LogP contribution in [0.3, 0.4) is 0 Å². The Morgan fingerprint density at radius 3 is 2.42 bits per heavy atom. The maximum Gasteiger partial charge on any atom is 0.274 e. The molecule has 1 aromatic rings. The Bertz CT molecular complexity index is 509. The molecule has 7 heteroatoms. The molecule has 1 aromatic carbocycles. The summed E-state index contributed by atoms with van der Waals surface area (Å²) in [5.41, 5.74) is 2.57. The van der Waals surface area contributed by atoms with Crippen LogP contribution in [0.25, 0.3) is 0 Å². The second kappa shape index (κ2) is 7.22. The number of nitrogens with one attached hydrogen (secondary N) is 1. The molecular formula is C12H17NO5S. The molecule has 0 unspecified atom stereocenters. The zero-order chi connectivity index (χ0) is 14.3. The lowest BCUT2D eigenvalue weighted by Gasteiger charge is -2.06. The predicted octanol–water partition coefficient (Wildman–Crippen LogP) is 0.788. The van der Waals surface area contributed by atoms with Gasteiger partial charge in [0, 0.05) is 12.7 Å². The third kappa shape index (κ3) is 4.62. The van der Waals surface area contributed by atoms with E-state index in [9.17, 15) is 13.2 Å². The minimum absolute atomic E-state index is 0.0893. The van der Waals surface area contributed by atoms with E-state index in [0.29, 0.717) is 12.2 Å². The highest BCUT2D eigenvalue weighted by Gasteiger charge is 2.14. The minimum Gasteiger partial charge on any atom is -0.384 e. The summed E-state index contributed by atoms with van der Waals surface area (Å²) in [5.74, 6) is -0.503. The maximum absolute atomic E-state index is 11.8. The lowest BCUT2D eigenvalue weighted by Crippen LogP contribution is -2.23. The number of amides is 1. The van der Waals surface area contributed by atoms with Gasteiger partial charge < -0.3 is 4.74 Å². The van der Waals surface area contributed by atoms with Gasteiger partial charge in [-0.05, 0) is 31.2 Å². The first-order valence-corrected chi connectivity index (χ1v) is 7.40. The molecule has 19 heavy (non-hydrogen) atoms. The number of sulfone groups is 1. The lowest BCUT2D eigenvalue weighted by atomic mass is 10.2. The van der Waals surface area contributed by atoms with Crippen molar-refractivity contribution < 1.29 is 22.8 Å². The normalized spacial score (nSPS) is 11.3. The molecule has 1 N–H and O–H groups in total. The fourth-order valence-corrected chi connectivity index (χ4v) is 2.49. The summed E-state index contributed by atoms with van der Waals surface area (Å²) >= 11 is 0. The van der Waals surface area contributed by atoms with Gasteiger partial charge in [0.1, 0.15) is 0 Å². The Kier molecular flexibility index (Phi) is 5.94. The molecule has 1 rings (SSSR count).